The molecule has 0 amide bonds. The number of hydrogen-bond donors (Lipinski definition) is 0. The summed E-state index contributed by atoms with van der Waals surface area (Å²) in [5.41, 5.74) is 0. The van der Waals surface area contributed by atoms with E-state index in [1.54, 1.807) is 0 Å². The van der Waals surface area contributed by atoms with E-state index in [4.69, 9.17) is 0 Å². The zero-order valence-electron chi connectivity index (χ0n) is 8.52. The first-order valence-electron chi connectivity index (χ1n) is 5.26. The zero-order chi connectivity index (χ0) is 7.57. The highest BCUT2D eigenvalue weighted by Crippen LogP contribution is 2.24. The first-order chi connectivity index (χ1) is 5.41. The molecule has 12 heavy (non-hydrogen) atoms. The Kier molecular flexibility index (Phi) is 3.57. The van der Waals surface area contributed by atoms with Crippen LogP contribution in [0.4, 0.5) is 0 Å². The quantitative estimate of drug-likeness (QED) is 0.386. The molecule has 1 nitrogen and oxygen atoms in total. The van der Waals surface area contributed by atoms with E-state index in [9.17, 15) is 0 Å². The molecule has 2 saturated heterocycles. The van der Waals surface area contributed by atoms with Crippen LogP contribution in [-0.4, -0.2) is 30.7 Å². The lowest BCUT2D eigenvalue weighted by molar-refractivity contribution is -0.936. The fourth-order valence-corrected chi connectivity index (χ4v) is 2.81. The Morgan fingerprint density at radius 1 is 0.500 bits per heavy atom. The van der Waals surface area contributed by atoms with Gasteiger partial charge in [-0.1, -0.05) is 0 Å². The Balaban J connectivity index is 0.000000720. The van der Waals surface area contributed by atoms with Crippen molar-refractivity contribution in [2.75, 3.05) is 26.2 Å². The molecule has 0 bridgehead atoms. The minimum Gasteiger partial charge on any atom is -0.358 e. The summed E-state index contributed by atoms with van der Waals surface area (Å²) in [6.07, 6.45) is 9.00. The highest BCUT2D eigenvalue weighted by molar-refractivity contribution is 4.59. The molecule has 0 N–H and O–H groups in total. The van der Waals surface area contributed by atoms with E-state index in [0.717, 1.165) is 0 Å². The van der Waals surface area contributed by atoms with E-state index in [0.29, 0.717) is 0 Å². The van der Waals surface area contributed by atoms with Crippen LogP contribution in [0.2, 0.25) is 0 Å². The Bertz CT molecular complexity index is 99.5. The molecule has 0 aliphatic carbocycles. The van der Waals surface area contributed by atoms with Gasteiger partial charge >= 0.3 is 0 Å². The molecule has 0 saturated carbocycles. The van der Waals surface area contributed by atoms with Gasteiger partial charge in [0.1, 0.15) is 0 Å². The summed E-state index contributed by atoms with van der Waals surface area (Å²) in [5, 5.41) is 0. The van der Waals surface area contributed by atoms with Crippen molar-refractivity contribution in [2.24, 2.45) is 0 Å². The van der Waals surface area contributed by atoms with E-state index in [-0.39, 0.29) is 7.43 Å². The summed E-state index contributed by atoms with van der Waals surface area (Å²) in [5.74, 6) is 0. The molecule has 0 radical (unpaired) electrons. The fourth-order valence-electron chi connectivity index (χ4n) is 2.81. The van der Waals surface area contributed by atoms with Crippen LogP contribution < -0.4 is 0 Å². The summed E-state index contributed by atoms with van der Waals surface area (Å²) < 4.78 is 1.50. The van der Waals surface area contributed by atoms with Crippen LogP contribution >= 0.6 is 0 Å². The third kappa shape index (κ3) is 2.01. The van der Waals surface area contributed by atoms with Gasteiger partial charge in [-0.3, -0.25) is 0 Å². The molecular weight excluding hydrogens is 146 g/mol. The predicted octanol–water partition coefficient (Wildman–Crippen LogP) is 2.62. The highest BCUT2D eigenvalue weighted by atomic mass is 15.4. The lowest BCUT2D eigenvalue weighted by Gasteiger charge is -2.44. The highest BCUT2D eigenvalue weighted by Gasteiger charge is 2.30. The number of hydrogen-bond acceptors (Lipinski definition) is 0. The van der Waals surface area contributed by atoms with Crippen LogP contribution in [0.25, 0.3) is 0 Å². The number of piperidine rings is 2. The average molecular weight is 169 g/mol. The topological polar surface area (TPSA) is 0 Å². The molecule has 2 fully saturated rings. The van der Waals surface area contributed by atoms with Gasteiger partial charge < -0.3 is 11.9 Å². The molecule has 0 unspecified atom stereocenters. The third-order valence-corrected chi connectivity index (χ3v) is 3.53. The zero-order valence-corrected chi connectivity index (χ0v) is 8.52. The van der Waals surface area contributed by atoms with Crippen molar-refractivity contribution in [2.45, 2.75) is 38.5 Å². The van der Waals surface area contributed by atoms with Crippen LogP contribution in [-0.2, 0) is 0 Å². The minimum absolute atomic E-state index is 0. The minimum atomic E-state index is 0. The van der Waals surface area contributed by atoms with E-state index in [2.05, 4.69) is 0 Å². The van der Waals surface area contributed by atoms with Crippen molar-refractivity contribution < 1.29 is 4.48 Å². The first-order valence-corrected chi connectivity index (χ1v) is 5.26. The molecule has 2 rings (SSSR count). The summed E-state index contributed by atoms with van der Waals surface area (Å²) in [6, 6.07) is 0. The molecular formula is C11H23N. The van der Waals surface area contributed by atoms with Crippen LogP contribution in [0, 0.1) is 7.43 Å². The first kappa shape index (κ1) is 10.0. The van der Waals surface area contributed by atoms with Crippen LogP contribution in [0.1, 0.15) is 38.5 Å². The Morgan fingerprint density at radius 3 is 1.17 bits per heavy atom. The summed E-state index contributed by atoms with van der Waals surface area (Å²) >= 11 is 0. The Labute approximate surface area is 77.4 Å². The Morgan fingerprint density at radius 2 is 0.833 bits per heavy atom. The van der Waals surface area contributed by atoms with E-state index < -0.39 is 0 Å². The smallest absolute Gasteiger partial charge is 0.0786 e. The Hall–Kier alpha value is -0.0400. The molecule has 2 aliphatic heterocycles. The van der Waals surface area contributed by atoms with E-state index in [1.165, 1.54) is 69.2 Å². The second kappa shape index (κ2) is 4.27. The van der Waals surface area contributed by atoms with Crippen LogP contribution in [0.5, 0.6) is 0 Å². The molecule has 72 valence electrons. The van der Waals surface area contributed by atoms with Crippen molar-refractivity contribution in [1.82, 2.24) is 0 Å². The third-order valence-electron chi connectivity index (χ3n) is 3.53. The average Bonchev–Trinajstić information content (AvgIpc) is 2.07. The van der Waals surface area contributed by atoms with Gasteiger partial charge in [0.2, 0.25) is 0 Å². The van der Waals surface area contributed by atoms with Gasteiger partial charge in [-0.25, -0.2) is 0 Å². The molecule has 0 aromatic heterocycles. The van der Waals surface area contributed by atoms with Crippen molar-refractivity contribution in [3.8, 4) is 0 Å². The van der Waals surface area contributed by atoms with Gasteiger partial charge in [-0.15, -0.1) is 0 Å². The van der Waals surface area contributed by atoms with Gasteiger partial charge in [0.25, 0.3) is 0 Å². The monoisotopic (exact) mass is 169 g/mol. The van der Waals surface area contributed by atoms with Gasteiger partial charge in [0.15, 0.2) is 0 Å². The maximum absolute atomic E-state index is 1.50. The second-order valence-corrected chi connectivity index (χ2v) is 4.36. The molecule has 0 aromatic carbocycles. The number of rotatable bonds is 0. The normalized spacial score (nSPS) is 28.0. The van der Waals surface area contributed by atoms with E-state index >= 15 is 0 Å². The maximum Gasteiger partial charge on any atom is 0.0786 e. The fraction of sp³-hybridized carbons (Fsp3) is 0.909. The molecule has 2 aliphatic rings. The molecule has 1 spiro atoms. The van der Waals surface area contributed by atoms with Gasteiger partial charge in [-0.2, -0.15) is 0 Å². The number of quaternary nitrogens is 1. The van der Waals surface area contributed by atoms with Crippen molar-refractivity contribution >= 4 is 0 Å². The molecule has 2 heterocycles. The molecule has 0 aromatic rings. The van der Waals surface area contributed by atoms with E-state index in [1.807, 2.05) is 0 Å². The maximum atomic E-state index is 1.50. The summed E-state index contributed by atoms with van der Waals surface area (Å²) in [4.78, 5) is 0. The second-order valence-electron chi connectivity index (χ2n) is 4.36. The van der Waals surface area contributed by atoms with Crippen molar-refractivity contribution in [1.29, 1.82) is 0 Å². The van der Waals surface area contributed by atoms with Crippen LogP contribution in [0.3, 0.4) is 0 Å². The largest absolute Gasteiger partial charge is 0.358 e. The standard InChI is InChI=1S/C10H20N.CH3/c1-3-7-11(8-4-1)9-5-2-6-10-11;/h1-10H2;1H3/q+1;-1. The van der Waals surface area contributed by atoms with Crippen molar-refractivity contribution in [3.05, 3.63) is 7.43 Å². The predicted molar refractivity (Wildman–Crippen MR) is 53.8 cm³/mol. The molecule has 0 atom stereocenters. The SMILES string of the molecule is C1CC[N+]2(CC1)CCCCC2.[CH3-]. The summed E-state index contributed by atoms with van der Waals surface area (Å²) in [7, 11) is 0. The van der Waals surface area contributed by atoms with Gasteiger partial charge in [0.05, 0.1) is 26.2 Å². The molecule has 1 heteroatoms. The lowest BCUT2D eigenvalue weighted by atomic mass is 10.0. The number of nitrogens with zero attached hydrogens (tertiary/aromatic N) is 1. The van der Waals surface area contributed by atoms with Gasteiger partial charge in [-0.05, 0) is 38.5 Å². The van der Waals surface area contributed by atoms with Gasteiger partial charge in [0, 0.05) is 0 Å². The lowest BCUT2D eigenvalue weighted by Crippen LogP contribution is -2.54. The summed E-state index contributed by atoms with van der Waals surface area (Å²) in [6.45, 7) is 6.00. The van der Waals surface area contributed by atoms with Crippen LogP contribution in [0.15, 0.2) is 0 Å². The van der Waals surface area contributed by atoms with Crippen molar-refractivity contribution in [3.63, 3.8) is 0 Å².